The normalized spacial score (nSPS) is 22.1. The molecule has 2 saturated heterocycles. The Morgan fingerprint density at radius 3 is 2.40 bits per heavy atom. The van der Waals surface area contributed by atoms with E-state index in [1.165, 1.54) is 0 Å². The monoisotopic (exact) mass is 359 g/mol. The van der Waals surface area contributed by atoms with Crippen molar-refractivity contribution in [3.8, 4) is 0 Å². The van der Waals surface area contributed by atoms with Gasteiger partial charge in [-0.25, -0.2) is 0 Å². The van der Waals surface area contributed by atoms with E-state index in [9.17, 15) is 28.1 Å². The molecule has 0 bridgehead atoms. The first-order valence-electron chi connectivity index (χ1n) is 7.78. The molecule has 0 amide bonds. The van der Waals surface area contributed by atoms with Crippen LogP contribution < -0.4 is 4.90 Å². The second-order valence-corrected chi connectivity index (χ2v) is 5.95. The number of carbonyl (C=O) groups is 1. The first kappa shape index (κ1) is 17.5. The van der Waals surface area contributed by atoms with Crippen LogP contribution in [-0.2, 0) is 15.7 Å². The van der Waals surface area contributed by atoms with Gasteiger partial charge in [0, 0.05) is 38.7 Å². The second kappa shape index (κ2) is 6.51. The summed E-state index contributed by atoms with van der Waals surface area (Å²) in [4.78, 5) is 25.6. The molecule has 0 aromatic heterocycles. The molecule has 0 N–H and O–H groups in total. The van der Waals surface area contributed by atoms with Gasteiger partial charge in [-0.3, -0.25) is 19.8 Å². The Bertz CT molecular complexity index is 687. The first-order valence-corrected chi connectivity index (χ1v) is 7.78. The molecule has 136 valence electrons. The molecule has 25 heavy (non-hydrogen) atoms. The average Bonchev–Trinajstić information content (AvgIpc) is 2.99. The van der Waals surface area contributed by atoms with Crippen LogP contribution in [0.3, 0.4) is 0 Å². The molecule has 0 radical (unpaired) electrons. The van der Waals surface area contributed by atoms with Gasteiger partial charge in [0.2, 0.25) is 0 Å². The highest BCUT2D eigenvalue weighted by atomic mass is 19.4. The third-order valence-electron chi connectivity index (χ3n) is 4.50. The van der Waals surface area contributed by atoms with Crippen LogP contribution in [0.25, 0.3) is 0 Å². The van der Waals surface area contributed by atoms with Crippen molar-refractivity contribution >= 4 is 17.3 Å². The van der Waals surface area contributed by atoms with Crippen molar-refractivity contribution in [2.24, 2.45) is 0 Å². The smallest absolute Gasteiger partial charge is 0.416 e. The van der Waals surface area contributed by atoms with E-state index in [-0.39, 0.29) is 17.7 Å². The van der Waals surface area contributed by atoms with Gasteiger partial charge in [0.15, 0.2) is 0 Å². The fraction of sp³-hybridized carbons (Fsp3) is 0.533. The number of anilines is 1. The highest BCUT2D eigenvalue weighted by molar-refractivity contribution is 5.77. The fourth-order valence-corrected chi connectivity index (χ4v) is 3.20. The van der Waals surface area contributed by atoms with Gasteiger partial charge in [-0.15, -0.1) is 0 Å². The molecule has 3 rings (SSSR count). The summed E-state index contributed by atoms with van der Waals surface area (Å²) < 4.78 is 43.3. The summed E-state index contributed by atoms with van der Waals surface area (Å²) in [6.07, 6.45) is -4.02. The van der Waals surface area contributed by atoms with E-state index in [1.807, 2.05) is 4.90 Å². The van der Waals surface area contributed by atoms with Crippen LogP contribution in [0.4, 0.5) is 24.5 Å². The van der Waals surface area contributed by atoms with Crippen molar-refractivity contribution in [3.05, 3.63) is 33.9 Å². The standard InChI is InChI=1S/C15H16F3N3O4/c16-15(17,18)10-1-2-11(13(9-10)21(23)24)19-4-6-20(7-5-19)12-3-8-25-14(12)22/h1-2,9,12H,3-8H2. The summed E-state index contributed by atoms with van der Waals surface area (Å²) in [7, 11) is 0. The molecule has 2 aliphatic heterocycles. The molecule has 1 unspecified atom stereocenters. The van der Waals surface area contributed by atoms with Crippen molar-refractivity contribution in [2.45, 2.75) is 18.6 Å². The largest absolute Gasteiger partial charge is 0.464 e. The second-order valence-electron chi connectivity index (χ2n) is 5.95. The van der Waals surface area contributed by atoms with E-state index in [4.69, 9.17) is 4.74 Å². The van der Waals surface area contributed by atoms with Gasteiger partial charge in [-0.2, -0.15) is 13.2 Å². The highest BCUT2D eigenvalue weighted by Crippen LogP contribution is 2.36. The maximum Gasteiger partial charge on any atom is 0.416 e. The summed E-state index contributed by atoms with van der Waals surface area (Å²) in [5.74, 6) is -0.269. The third-order valence-corrected chi connectivity index (χ3v) is 4.50. The number of carbonyl (C=O) groups excluding carboxylic acids is 1. The number of alkyl halides is 3. The molecule has 0 saturated carbocycles. The lowest BCUT2D eigenvalue weighted by atomic mass is 10.1. The molecule has 10 heteroatoms. The number of hydrogen-bond donors (Lipinski definition) is 0. The summed E-state index contributed by atoms with van der Waals surface area (Å²) in [6.45, 7) is 2.12. The van der Waals surface area contributed by atoms with Crippen LogP contribution in [0, 0.1) is 10.1 Å². The molecule has 2 fully saturated rings. The number of ether oxygens (including phenoxy) is 1. The van der Waals surface area contributed by atoms with Gasteiger partial charge in [0.25, 0.3) is 5.69 Å². The molecule has 0 spiro atoms. The van der Waals surface area contributed by atoms with Crippen molar-refractivity contribution < 1.29 is 27.6 Å². The Hall–Kier alpha value is -2.36. The molecule has 1 aromatic carbocycles. The van der Waals surface area contributed by atoms with Crippen molar-refractivity contribution in [1.29, 1.82) is 0 Å². The van der Waals surface area contributed by atoms with Crippen molar-refractivity contribution in [2.75, 3.05) is 37.7 Å². The number of benzene rings is 1. The van der Waals surface area contributed by atoms with E-state index in [2.05, 4.69) is 0 Å². The van der Waals surface area contributed by atoms with Gasteiger partial charge in [0.05, 0.1) is 17.1 Å². The molecular formula is C15H16F3N3O4. The molecule has 1 aromatic rings. The number of piperazine rings is 1. The number of hydrogen-bond acceptors (Lipinski definition) is 6. The van der Waals surface area contributed by atoms with Crippen LogP contribution >= 0.6 is 0 Å². The van der Waals surface area contributed by atoms with Crippen LogP contribution in [0.1, 0.15) is 12.0 Å². The predicted octanol–water partition coefficient (Wildman–Crippen LogP) is 2.05. The van der Waals surface area contributed by atoms with Gasteiger partial charge in [-0.05, 0) is 12.1 Å². The Labute approximate surface area is 141 Å². The Morgan fingerprint density at radius 2 is 1.88 bits per heavy atom. The fourth-order valence-electron chi connectivity index (χ4n) is 3.20. The van der Waals surface area contributed by atoms with Crippen molar-refractivity contribution in [1.82, 2.24) is 4.90 Å². The Morgan fingerprint density at radius 1 is 1.20 bits per heavy atom. The Balaban J connectivity index is 1.76. The summed E-state index contributed by atoms with van der Waals surface area (Å²) >= 11 is 0. The molecule has 2 heterocycles. The molecule has 2 aliphatic rings. The average molecular weight is 359 g/mol. The number of cyclic esters (lactones) is 1. The maximum absolute atomic E-state index is 12.8. The number of nitro groups is 1. The van der Waals surface area contributed by atoms with Crippen molar-refractivity contribution in [3.63, 3.8) is 0 Å². The van der Waals surface area contributed by atoms with Crippen LogP contribution in [0.5, 0.6) is 0 Å². The van der Waals surface area contributed by atoms with E-state index >= 15 is 0 Å². The quantitative estimate of drug-likeness (QED) is 0.467. The molecule has 0 aliphatic carbocycles. The number of esters is 1. The molecule has 7 nitrogen and oxygen atoms in total. The summed E-state index contributed by atoms with van der Waals surface area (Å²) in [5.41, 5.74) is -1.45. The van der Waals surface area contributed by atoms with Gasteiger partial charge in [-0.1, -0.05) is 0 Å². The highest BCUT2D eigenvalue weighted by Gasteiger charge is 2.36. The lowest BCUT2D eigenvalue weighted by molar-refractivity contribution is -0.384. The zero-order valence-corrected chi connectivity index (χ0v) is 13.2. The zero-order chi connectivity index (χ0) is 18.2. The minimum Gasteiger partial charge on any atom is -0.464 e. The summed E-state index contributed by atoms with van der Waals surface area (Å²) in [6, 6.07) is 2.25. The minimum atomic E-state index is -4.63. The van der Waals surface area contributed by atoms with E-state index in [0.29, 0.717) is 45.3 Å². The van der Waals surface area contributed by atoms with Crippen LogP contribution in [0.2, 0.25) is 0 Å². The number of halogens is 3. The molecule has 1 atom stereocenters. The van der Waals surface area contributed by atoms with Gasteiger partial charge >= 0.3 is 12.1 Å². The number of rotatable bonds is 3. The van der Waals surface area contributed by atoms with Gasteiger partial charge in [0.1, 0.15) is 11.7 Å². The topological polar surface area (TPSA) is 75.9 Å². The van der Waals surface area contributed by atoms with E-state index in [0.717, 1.165) is 12.1 Å². The van der Waals surface area contributed by atoms with Gasteiger partial charge < -0.3 is 9.64 Å². The van der Waals surface area contributed by atoms with E-state index in [1.54, 1.807) is 4.90 Å². The predicted molar refractivity (Wildman–Crippen MR) is 81.2 cm³/mol. The minimum absolute atomic E-state index is 0.159. The van der Waals surface area contributed by atoms with Crippen LogP contribution in [0.15, 0.2) is 18.2 Å². The Kier molecular flexibility index (Phi) is 4.55. The number of nitrogens with zero attached hydrogens (tertiary/aromatic N) is 3. The SMILES string of the molecule is O=C1OCCC1N1CCN(c2ccc(C(F)(F)F)cc2[N+](=O)[O-])CC1. The lowest BCUT2D eigenvalue weighted by Crippen LogP contribution is -2.51. The summed E-state index contributed by atoms with van der Waals surface area (Å²) in [5, 5.41) is 11.2. The lowest BCUT2D eigenvalue weighted by Gasteiger charge is -2.37. The maximum atomic E-state index is 12.8. The van der Waals surface area contributed by atoms with E-state index < -0.39 is 22.4 Å². The number of nitro benzene ring substituents is 1. The first-order chi connectivity index (χ1) is 11.8. The molecular weight excluding hydrogens is 343 g/mol. The third kappa shape index (κ3) is 3.53. The van der Waals surface area contributed by atoms with Crippen LogP contribution in [-0.4, -0.2) is 54.6 Å². The zero-order valence-electron chi connectivity index (χ0n) is 13.2.